The van der Waals surface area contributed by atoms with E-state index in [9.17, 15) is 18.8 Å². The van der Waals surface area contributed by atoms with Crippen LogP contribution in [-0.2, 0) is 16.1 Å². The van der Waals surface area contributed by atoms with Gasteiger partial charge in [-0.1, -0.05) is 54.1 Å². The van der Waals surface area contributed by atoms with Gasteiger partial charge in [0.15, 0.2) is 0 Å². The van der Waals surface area contributed by atoms with Crippen molar-refractivity contribution in [2.45, 2.75) is 13.5 Å². The van der Waals surface area contributed by atoms with Crippen LogP contribution in [0, 0.1) is 12.7 Å². The molecule has 5 rings (SSSR count). The molecular formula is C27H20FN3O3. The molecular weight excluding hydrogens is 433 g/mol. The van der Waals surface area contributed by atoms with E-state index in [1.165, 1.54) is 29.8 Å². The molecule has 7 heteroatoms. The lowest BCUT2D eigenvalue weighted by molar-refractivity contribution is -0.122. The number of imide groups is 2. The van der Waals surface area contributed by atoms with Gasteiger partial charge in [-0.15, -0.1) is 0 Å². The lowest BCUT2D eigenvalue weighted by Crippen LogP contribution is -2.54. The minimum Gasteiger partial charge on any atom is -0.342 e. The highest BCUT2D eigenvalue weighted by molar-refractivity contribution is 6.39. The van der Waals surface area contributed by atoms with Crippen LogP contribution in [-0.4, -0.2) is 22.4 Å². The molecule has 6 nitrogen and oxygen atoms in total. The number of halogens is 1. The number of amides is 4. The smallest absolute Gasteiger partial charge is 0.335 e. The van der Waals surface area contributed by atoms with Crippen molar-refractivity contribution < 1.29 is 18.8 Å². The summed E-state index contributed by atoms with van der Waals surface area (Å²) >= 11 is 0. The van der Waals surface area contributed by atoms with Crippen LogP contribution in [0.4, 0.5) is 14.9 Å². The van der Waals surface area contributed by atoms with E-state index in [0.717, 1.165) is 27.4 Å². The van der Waals surface area contributed by atoms with Gasteiger partial charge in [-0.2, -0.15) is 0 Å². The van der Waals surface area contributed by atoms with E-state index >= 15 is 0 Å². The Kier molecular flexibility index (Phi) is 5.30. The molecule has 1 aliphatic heterocycles. The summed E-state index contributed by atoms with van der Waals surface area (Å²) in [6.45, 7) is 2.64. The van der Waals surface area contributed by atoms with Crippen LogP contribution in [0.1, 0.15) is 16.7 Å². The SMILES string of the molecule is Cc1ccc(Cn2cc(/C=C3\C(=O)NC(=O)N(c4cccc(F)c4)C3=O)c3ccccc32)cc1. The van der Waals surface area contributed by atoms with Gasteiger partial charge in [-0.05, 0) is 42.8 Å². The third kappa shape index (κ3) is 3.88. The predicted molar refractivity (Wildman–Crippen MR) is 128 cm³/mol. The number of para-hydroxylation sites is 1. The average Bonchev–Trinajstić information content (AvgIpc) is 3.15. The predicted octanol–water partition coefficient (Wildman–Crippen LogP) is 4.80. The Labute approximate surface area is 194 Å². The molecule has 0 spiro atoms. The summed E-state index contributed by atoms with van der Waals surface area (Å²) in [5.74, 6) is -2.20. The first-order chi connectivity index (χ1) is 16.4. The largest absolute Gasteiger partial charge is 0.342 e. The second kappa shape index (κ2) is 8.44. The van der Waals surface area contributed by atoms with Gasteiger partial charge in [0.05, 0.1) is 5.69 Å². The van der Waals surface area contributed by atoms with E-state index in [-0.39, 0.29) is 11.3 Å². The number of benzene rings is 3. The molecule has 4 amide bonds. The Morgan fingerprint density at radius 3 is 2.47 bits per heavy atom. The third-order valence-corrected chi connectivity index (χ3v) is 5.76. The van der Waals surface area contributed by atoms with Gasteiger partial charge in [-0.25, -0.2) is 14.1 Å². The molecule has 1 fully saturated rings. The summed E-state index contributed by atoms with van der Waals surface area (Å²) in [5, 5.41) is 3.04. The molecule has 0 atom stereocenters. The standard InChI is InChI=1S/C27H20FN3O3/c1-17-9-11-18(12-10-17)15-30-16-19(22-7-2-3-8-24(22)30)13-23-25(32)29-27(34)31(26(23)33)21-6-4-5-20(28)14-21/h2-14,16H,15H2,1H3,(H,29,32,34)/b23-13+. The number of rotatable bonds is 4. The zero-order valence-electron chi connectivity index (χ0n) is 18.3. The number of carbonyl (C=O) groups is 3. The zero-order valence-corrected chi connectivity index (χ0v) is 18.3. The number of hydrogen-bond acceptors (Lipinski definition) is 3. The van der Waals surface area contributed by atoms with Crippen LogP contribution in [0.5, 0.6) is 0 Å². The second-order valence-corrected chi connectivity index (χ2v) is 8.15. The highest BCUT2D eigenvalue weighted by Crippen LogP contribution is 2.27. The first-order valence-electron chi connectivity index (χ1n) is 10.7. The summed E-state index contributed by atoms with van der Waals surface area (Å²) in [6.07, 6.45) is 3.35. The van der Waals surface area contributed by atoms with Crippen molar-refractivity contribution in [3.8, 4) is 0 Å². The quantitative estimate of drug-likeness (QED) is 0.356. The van der Waals surface area contributed by atoms with Crippen LogP contribution in [0.25, 0.3) is 17.0 Å². The Hall–Kier alpha value is -4.52. The van der Waals surface area contributed by atoms with E-state index in [1.54, 1.807) is 0 Å². The fourth-order valence-electron chi connectivity index (χ4n) is 4.07. The number of barbiturate groups is 1. The lowest BCUT2D eigenvalue weighted by atomic mass is 10.1. The van der Waals surface area contributed by atoms with Gasteiger partial charge in [0.2, 0.25) is 0 Å². The second-order valence-electron chi connectivity index (χ2n) is 8.15. The maximum absolute atomic E-state index is 13.7. The van der Waals surface area contributed by atoms with Crippen LogP contribution < -0.4 is 10.2 Å². The van der Waals surface area contributed by atoms with Crippen molar-refractivity contribution in [1.82, 2.24) is 9.88 Å². The molecule has 2 heterocycles. The Bertz CT molecular complexity index is 1480. The molecule has 0 bridgehead atoms. The van der Waals surface area contributed by atoms with E-state index in [1.807, 2.05) is 54.1 Å². The molecule has 0 unspecified atom stereocenters. The minimum atomic E-state index is -0.917. The molecule has 168 valence electrons. The Morgan fingerprint density at radius 1 is 0.941 bits per heavy atom. The highest BCUT2D eigenvalue weighted by atomic mass is 19.1. The van der Waals surface area contributed by atoms with Crippen LogP contribution in [0.15, 0.2) is 84.6 Å². The number of fused-ring (bicyclic) bond motifs is 1. The molecule has 1 aliphatic rings. The summed E-state index contributed by atoms with van der Waals surface area (Å²) in [4.78, 5) is 38.9. The summed E-state index contributed by atoms with van der Waals surface area (Å²) < 4.78 is 15.8. The lowest BCUT2D eigenvalue weighted by Gasteiger charge is -2.26. The zero-order chi connectivity index (χ0) is 23.8. The van der Waals surface area contributed by atoms with Crippen molar-refractivity contribution >= 4 is 40.5 Å². The van der Waals surface area contributed by atoms with Crippen molar-refractivity contribution in [3.05, 3.63) is 107 Å². The van der Waals surface area contributed by atoms with Crippen LogP contribution in [0.2, 0.25) is 0 Å². The normalized spacial score (nSPS) is 15.3. The minimum absolute atomic E-state index is 0.0442. The van der Waals surface area contributed by atoms with E-state index in [4.69, 9.17) is 0 Å². The van der Waals surface area contributed by atoms with Crippen molar-refractivity contribution in [3.63, 3.8) is 0 Å². The number of urea groups is 1. The molecule has 34 heavy (non-hydrogen) atoms. The topological polar surface area (TPSA) is 71.4 Å². The number of nitrogens with zero attached hydrogens (tertiary/aromatic N) is 2. The van der Waals surface area contributed by atoms with E-state index in [0.29, 0.717) is 12.1 Å². The van der Waals surface area contributed by atoms with Gasteiger partial charge in [-0.3, -0.25) is 14.9 Å². The number of anilines is 1. The van der Waals surface area contributed by atoms with Gasteiger partial charge in [0.25, 0.3) is 11.8 Å². The van der Waals surface area contributed by atoms with E-state index < -0.39 is 23.7 Å². The maximum Gasteiger partial charge on any atom is 0.335 e. The molecule has 0 aliphatic carbocycles. The first kappa shape index (κ1) is 21.3. The number of carbonyl (C=O) groups excluding carboxylic acids is 3. The molecule has 0 saturated carbocycles. The monoisotopic (exact) mass is 453 g/mol. The number of hydrogen-bond donors (Lipinski definition) is 1. The molecule has 0 radical (unpaired) electrons. The number of nitrogens with one attached hydrogen (secondary N) is 1. The fourth-order valence-corrected chi connectivity index (χ4v) is 4.07. The first-order valence-corrected chi connectivity index (χ1v) is 10.7. The number of aryl methyl sites for hydroxylation is 1. The molecule has 1 N–H and O–H groups in total. The molecule has 1 saturated heterocycles. The van der Waals surface area contributed by atoms with E-state index in [2.05, 4.69) is 17.4 Å². The molecule has 3 aromatic carbocycles. The van der Waals surface area contributed by atoms with Gasteiger partial charge in [0, 0.05) is 29.2 Å². The fraction of sp³-hybridized carbons (Fsp3) is 0.0741. The van der Waals surface area contributed by atoms with Crippen molar-refractivity contribution in [2.75, 3.05) is 4.90 Å². The van der Waals surface area contributed by atoms with Gasteiger partial charge >= 0.3 is 6.03 Å². The molecule has 4 aromatic rings. The van der Waals surface area contributed by atoms with Crippen molar-refractivity contribution in [2.24, 2.45) is 0 Å². The average molecular weight is 453 g/mol. The summed E-state index contributed by atoms with van der Waals surface area (Å²) in [7, 11) is 0. The molecule has 1 aromatic heterocycles. The Morgan fingerprint density at radius 2 is 1.71 bits per heavy atom. The van der Waals surface area contributed by atoms with Gasteiger partial charge < -0.3 is 4.57 Å². The van der Waals surface area contributed by atoms with Crippen molar-refractivity contribution in [1.29, 1.82) is 0 Å². The third-order valence-electron chi connectivity index (χ3n) is 5.76. The van der Waals surface area contributed by atoms with Gasteiger partial charge in [0.1, 0.15) is 11.4 Å². The Balaban J connectivity index is 1.56. The summed E-state index contributed by atoms with van der Waals surface area (Å²) in [6, 6.07) is 20.1. The number of aromatic nitrogens is 1. The summed E-state index contributed by atoms with van der Waals surface area (Å²) in [5.41, 5.74) is 3.72. The maximum atomic E-state index is 13.7. The van der Waals surface area contributed by atoms with Crippen LogP contribution in [0.3, 0.4) is 0 Å². The van der Waals surface area contributed by atoms with Crippen LogP contribution >= 0.6 is 0 Å². The highest BCUT2D eigenvalue weighted by Gasteiger charge is 2.37.